The molecule has 0 aliphatic heterocycles. The normalized spacial score (nSPS) is 12.2. The molecule has 0 radical (unpaired) electrons. The number of carbonyl (C=O) groups is 1. The Labute approximate surface area is 169 Å². The third kappa shape index (κ3) is 7.47. The highest BCUT2D eigenvalue weighted by atomic mass is 16.6. The van der Waals surface area contributed by atoms with Crippen LogP contribution in [0, 0.1) is 5.92 Å². The molecule has 4 nitrogen and oxygen atoms in total. The summed E-state index contributed by atoms with van der Waals surface area (Å²) in [4.78, 5) is 11.1. The molecule has 152 valence electrons. The van der Waals surface area contributed by atoms with E-state index in [1.807, 2.05) is 36.4 Å². The molecule has 0 N–H and O–H groups in total. The highest BCUT2D eigenvalue weighted by molar-refractivity contribution is 5.81. The molecule has 0 spiro atoms. The fraction of sp³-hybridized carbons (Fsp3) is 0.375. The van der Waals surface area contributed by atoms with Crippen LogP contribution >= 0.6 is 0 Å². The molecule has 2 atom stereocenters. The van der Waals surface area contributed by atoms with Crippen molar-refractivity contribution in [2.24, 2.45) is 5.92 Å². The second-order valence-electron chi connectivity index (χ2n) is 6.64. The summed E-state index contributed by atoms with van der Waals surface area (Å²) < 4.78 is 16.5. The van der Waals surface area contributed by atoms with E-state index >= 15 is 0 Å². The standard InChI is InChI=1S/C23H28O4.CH4/c1-5-17(3)15-25-21-11-7-19(8-12-21)20-9-13-22(14-10-20)26-16-18(4)27-23(24)6-2;/h6-14,17-18H,2,5,15-16H2,1,3-4H3;1H4/t17-,18+;/m1./s1. The van der Waals surface area contributed by atoms with Gasteiger partial charge in [0.15, 0.2) is 0 Å². The molecule has 0 aromatic heterocycles. The smallest absolute Gasteiger partial charge is 0.330 e. The summed E-state index contributed by atoms with van der Waals surface area (Å²) in [6, 6.07) is 15.9. The van der Waals surface area contributed by atoms with Gasteiger partial charge in [-0.25, -0.2) is 4.79 Å². The summed E-state index contributed by atoms with van der Waals surface area (Å²) in [5.41, 5.74) is 2.22. The van der Waals surface area contributed by atoms with Crippen LogP contribution in [0.5, 0.6) is 11.5 Å². The lowest BCUT2D eigenvalue weighted by atomic mass is 10.1. The maximum absolute atomic E-state index is 11.1. The van der Waals surface area contributed by atoms with Crippen LogP contribution in [0.15, 0.2) is 61.2 Å². The van der Waals surface area contributed by atoms with Gasteiger partial charge in [-0.2, -0.15) is 0 Å². The molecule has 0 saturated carbocycles. The summed E-state index contributed by atoms with van der Waals surface area (Å²) in [6.45, 7) is 10.5. The summed E-state index contributed by atoms with van der Waals surface area (Å²) in [5.74, 6) is 1.73. The van der Waals surface area contributed by atoms with Crippen molar-refractivity contribution in [3.8, 4) is 22.6 Å². The van der Waals surface area contributed by atoms with Crippen molar-refractivity contribution in [3.63, 3.8) is 0 Å². The second kappa shape index (κ2) is 11.9. The van der Waals surface area contributed by atoms with Gasteiger partial charge >= 0.3 is 5.97 Å². The topological polar surface area (TPSA) is 44.8 Å². The Morgan fingerprint density at radius 2 is 1.39 bits per heavy atom. The zero-order valence-electron chi connectivity index (χ0n) is 16.3. The molecule has 0 heterocycles. The van der Waals surface area contributed by atoms with Crippen LogP contribution in [0.25, 0.3) is 11.1 Å². The minimum absolute atomic E-state index is 0. The maximum Gasteiger partial charge on any atom is 0.330 e. The quantitative estimate of drug-likeness (QED) is 0.377. The number of benzene rings is 2. The lowest BCUT2D eigenvalue weighted by Crippen LogP contribution is -2.20. The molecule has 0 aliphatic rings. The Bertz CT molecular complexity index is 719. The predicted molar refractivity (Wildman–Crippen MR) is 115 cm³/mol. The monoisotopic (exact) mass is 384 g/mol. The average Bonchev–Trinajstić information content (AvgIpc) is 2.71. The van der Waals surface area contributed by atoms with E-state index in [0.29, 0.717) is 12.5 Å². The molecule has 4 heteroatoms. The number of hydrogen-bond donors (Lipinski definition) is 0. The zero-order valence-corrected chi connectivity index (χ0v) is 16.3. The molecule has 0 unspecified atom stereocenters. The Morgan fingerprint density at radius 3 is 1.82 bits per heavy atom. The van der Waals surface area contributed by atoms with Gasteiger partial charge in [-0.15, -0.1) is 0 Å². The third-order valence-corrected chi connectivity index (χ3v) is 4.24. The lowest BCUT2D eigenvalue weighted by Gasteiger charge is -2.14. The number of hydrogen-bond acceptors (Lipinski definition) is 4. The predicted octanol–water partition coefficient (Wildman–Crippen LogP) is 5.91. The van der Waals surface area contributed by atoms with Crippen LogP contribution in [0.2, 0.25) is 0 Å². The van der Waals surface area contributed by atoms with Gasteiger partial charge in [0.1, 0.15) is 24.2 Å². The lowest BCUT2D eigenvalue weighted by molar-refractivity contribution is -0.143. The first-order valence-electron chi connectivity index (χ1n) is 9.31. The molecule has 2 rings (SSSR count). The molecule has 0 aliphatic carbocycles. The largest absolute Gasteiger partial charge is 0.493 e. The molecular formula is C24H32O4. The minimum atomic E-state index is -0.446. The zero-order chi connectivity index (χ0) is 19.6. The number of carbonyl (C=O) groups excluding carboxylic acids is 1. The van der Waals surface area contributed by atoms with Crippen LogP contribution in [0.3, 0.4) is 0 Å². The minimum Gasteiger partial charge on any atom is -0.493 e. The van der Waals surface area contributed by atoms with Crippen LogP contribution in [0.1, 0.15) is 34.6 Å². The summed E-state index contributed by atoms with van der Waals surface area (Å²) in [7, 11) is 0. The summed E-state index contributed by atoms with van der Waals surface area (Å²) in [5, 5.41) is 0. The van der Waals surface area contributed by atoms with E-state index in [2.05, 4.69) is 32.6 Å². The fourth-order valence-corrected chi connectivity index (χ4v) is 2.34. The van der Waals surface area contributed by atoms with Crippen LogP contribution in [-0.2, 0) is 9.53 Å². The van der Waals surface area contributed by atoms with Gasteiger partial charge in [0.2, 0.25) is 0 Å². The number of ether oxygens (including phenoxy) is 3. The first kappa shape index (κ1) is 23.3. The van der Waals surface area contributed by atoms with Crippen molar-refractivity contribution in [1.82, 2.24) is 0 Å². The fourth-order valence-electron chi connectivity index (χ4n) is 2.34. The summed E-state index contributed by atoms with van der Waals surface area (Å²) >= 11 is 0. The first-order chi connectivity index (χ1) is 13.0. The maximum atomic E-state index is 11.1. The highest BCUT2D eigenvalue weighted by Gasteiger charge is 2.08. The van der Waals surface area contributed by atoms with Crippen molar-refractivity contribution < 1.29 is 19.0 Å². The van der Waals surface area contributed by atoms with Crippen LogP contribution < -0.4 is 9.47 Å². The number of esters is 1. The van der Waals surface area contributed by atoms with E-state index in [1.54, 1.807) is 6.92 Å². The van der Waals surface area contributed by atoms with Crippen LogP contribution in [-0.4, -0.2) is 25.3 Å². The van der Waals surface area contributed by atoms with E-state index in [4.69, 9.17) is 14.2 Å². The number of rotatable bonds is 10. The van der Waals surface area contributed by atoms with Crippen molar-refractivity contribution in [2.75, 3.05) is 13.2 Å². The van der Waals surface area contributed by atoms with E-state index < -0.39 is 5.97 Å². The molecule has 2 aromatic carbocycles. The highest BCUT2D eigenvalue weighted by Crippen LogP contribution is 2.25. The molecule has 0 amide bonds. The Kier molecular flexibility index (Phi) is 9.86. The molecule has 0 bridgehead atoms. The van der Waals surface area contributed by atoms with Gasteiger partial charge in [0.25, 0.3) is 0 Å². The van der Waals surface area contributed by atoms with Gasteiger partial charge in [-0.1, -0.05) is 58.5 Å². The van der Waals surface area contributed by atoms with Gasteiger partial charge in [-0.05, 0) is 48.2 Å². The Hall–Kier alpha value is -2.75. The van der Waals surface area contributed by atoms with E-state index in [1.165, 1.54) is 0 Å². The molecule has 28 heavy (non-hydrogen) atoms. The average molecular weight is 385 g/mol. The Morgan fingerprint density at radius 1 is 0.929 bits per heavy atom. The first-order valence-corrected chi connectivity index (χ1v) is 9.31. The molecule has 0 fully saturated rings. The van der Waals surface area contributed by atoms with Crippen molar-refractivity contribution in [1.29, 1.82) is 0 Å². The van der Waals surface area contributed by atoms with E-state index in [-0.39, 0.29) is 13.5 Å². The van der Waals surface area contributed by atoms with E-state index in [9.17, 15) is 4.79 Å². The summed E-state index contributed by atoms with van der Waals surface area (Å²) in [6.07, 6.45) is 1.92. The van der Waals surface area contributed by atoms with Gasteiger partial charge in [0, 0.05) is 6.08 Å². The van der Waals surface area contributed by atoms with Gasteiger partial charge < -0.3 is 14.2 Å². The molecular weight excluding hydrogens is 352 g/mol. The second-order valence-corrected chi connectivity index (χ2v) is 6.64. The molecule has 2 aromatic rings. The van der Waals surface area contributed by atoms with Gasteiger partial charge in [-0.3, -0.25) is 0 Å². The van der Waals surface area contributed by atoms with Crippen molar-refractivity contribution in [3.05, 3.63) is 61.2 Å². The molecule has 0 saturated heterocycles. The van der Waals surface area contributed by atoms with Crippen molar-refractivity contribution >= 4 is 5.97 Å². The van der Waals surface area contributed by atoms with Crippen molar-refractivity contribution in [2.45, 2.75) is 40.7 Å². The SMILES string of the molecule is C.C=CC(=O)O[C@@H](C)COc1ccc(-c2ccc(OC[C@H](C)CC)cc2)cc1. The third-order valence-electron chi connectivity index (χ3n) is 4.24. The van der Waals surface area contributed by atoms with Gasteiger partial charge in [0.05, 0.1) is 6.61 Å². The van der Waals surface area contributed by atoms with E-state index in [0.717, 1.165) is 41.7 Å². The van der Waals surface area contributed by atoms with Crippen LogP contribution in [0.4, 0.5) is 0 Å². The Balaban J connectivity index is 0.00000392.